The lowest BCUT2D eigenvalue weighted by Crippen LogP contribution is -2.48. The lowest BCUT2D eigenvalue weighted by molar-refractivity contribution is -0.130. The third-order valence-electron chi connectivity index (χ3n) is 4.62. The van der Waals surface area contributed by atoms with Crippen molar-refractivity contribution in [2.24, 2.45) is 0 Å². The van der Waals surface area contributed by atoms with Gasteiger partial charge in [-0.1, -0.05) is 28.1 Å². The zero-order chi connectivity index (χ0) is 19.5. The van der Waals surface area contributed by atoms with Gasteiger partial charge in [0, 0.05) is 21.7 Å². The molecule has 0 N–H and O–H groups in total. The molecule has 1 amide bonds. The van der Waals surface area contributed by atoms with Gasteiger partial charge in [0.25, 0.3) is 5.91 Å². The van der Waals surface area contributed by atoms with Crippen LogP contribution in [0.1, 0.15) is 0 Å². The summed E-state index contributed by atoms with van der Waals surface area (Å²) in [6, 6.07) is 15.1. The number of hydrogen-bond acceptors (Lipinski definition) is 5. The predicted molar refractivity (Wildman–Crippen MR) is 110 cm³/mol. The maximum Gasteiger partial charge on any atom is 0.253 e. The van der Waals surface area contributed by atoms with Gasteiger partial charge >= 0.3 is 0 Å². The first-order valence-electron chi connectivity index (χ1n) is 8.88. The Morgan fingerprint density at radius 1 is 1.21 bits per heavy atom. The summed E-state index contributed by atoms with van der Waals surface area (Å²) in [5.41, 5.74) is 1.60. The van der Waals surface area contributed by atoms with Crippen molar-refractivity contribution in [3.05, 3.63) is 59.2 Å². The van der Waals surface area contributed by atoms with Crippen LogP contribution < -0.4 is 14.4 Å². The van der Waals surface area contributed by atoms with Crippen molar-refractivity contribution in [3.63, 3.8) is 0 Å². The van der Waals surface area contributed by atoms with Crippen molar-refractivity contribution in [1.29, 1.82) is 0 Å². The second-order valence-electron chi connectivity index (χ2n) is 6.39. The Bertz CT molecular complexity index is 993. The van der Waals surface area contributed by atoms with Crippen LogP contribution >= 0.6 is 15.9 Å². The van der Waals surface area contributed by atoms with E-state index in [0.29, 0.717) is 18.9 Å². The van der Waals surface area contributed by atoms with Crippen LogP contribution in [0.15, 0.2) is 59.2 Å². The van der Waals surface area contributed by atoms with Gasteiger partial charge in [0.2, 0.25) is 0 Å². The molecule has 1 aliphatic heterocycles. The van der Waals surface area contributed by atoms with Gasteiger partial charge in [0.05, 0.1) is 13.7 Å². The number of carbonyl (C=O) groups excluding carboxylic acids is 1. The highest BCUT2D eigenvalue weighted by Crippen LogP contribution is 2.29. The fourth-order valence-electron chi connectivity index (χ4n) is 3.15. The second kappa shape index (κ2) is 8.16. The molecule has 0 bridgehead atoms. The molecule has 1 unspecified atom stereocenters. The molecular formula is C21H19BrN2O4. The average Bonchev–Trinajstić information content (AvgIpc) is 2.74. The second-order valence-corrected chi connectivity index (χ2v) is 7.25. The third kappa shape index (κ3) is 3.81. The summed E-state index contributed by atoms with van der Waals surface area (Å²) in [4.78, 5) is 18.4. The van der Waals surface area contributed by atoms with Gasteiger partial charge in [-0.15, -0.1) is 0 Å². The van der Waals surface area contributed by atoms with Crippen LogP contribution in [0.3, 0.4) is 0 Å². The van der Waals surface area contributed by atoms with Crippen molar-refractivity contribution in [2.45, 2.75) is 6.10 Å². The van der Waals surface area contributed by atoms with E-state index < -0.39 is 0 Å². The molecule has 1 aromatic heterocycles. The number of halogens is 1. The number of hydrogen-bond donors (Lipinski definition) is 0. The molecule has 3 aromatic rings. The number of benzene rings is 2. The molecule has 1 saturated heterocycles. The highest BCUT2D eigenvalue weighted by Gasteiger charge is 2.28. The van der Waals surface area contributed by atoms with E-state index in [1.165, 1.54) is 0 Å². The number of ether oxygens (including phenoxy) is 3. The highest BCUT2D eigenvalue weighted by molar-refractivity contribution is 9.10. The summed E-state index contributed by atoms with van der Waals surface area (Å²) in [5.74, 6) is 1.37. The topological polar surface area (TPSA) is 60.9 Å². The van der Waals surface area contributed by atoms with Crippen LogP contribution in [0.2, 0.25) is 0 Å². The van der Waals surface area contributed by atoms with E-state index in [1.807, 2.05) is 48.5 Å². The number of methoxy groups -OCH3 is 1. The summed E-state index contributed by atoms with van der Waals surface area (Å²) < 4.78 is 17.8. The molecule has 2 heterocycles. The minimum absolute atomic E-state index is 0.0272. The summed E-state index contributed by atoms with van der Waals surface area (Å²) in [7, 11) is 1.61. The molecule has 6 nitrogen and oxygen atoms in total. The van der Waals surface area contributed by atoms with E-state index in [9.17, 15) is 4.79 Å². The minimum atomic E-state index is -0.234. The molecular weight excluding hydrogens is 424 g/mol. The first-order chi connectivity index (χ1) is 13.7. The van der Waals surface area contributed by atoms with Crippen LogP contribution in [0.5, 0.6) is 11.5 Å². The van der Waals surface area contributed by atoms with E-state index in [2.05, 4.69) is 20.9 Å². The molecule has 1 fully saturated rings. The number of para-hydroxylation sites is 1. The van der Waals surface area contributed by atoms with Gasteiger partial charge < -0.3 is 19.1 Å². The fraction of sp³-hybridized carbons (Fsp3) is 0.238. The van der Waals surface area contributed by atoms with E-state index in [0.717, 1.165) is 26.8 Å². The number of pyridine rings is 1. The van der Waals surface area contributed by atoms with Crippen LogP contribution in [0.25, 0.3) is 10.9 Å². The zero-order valence-electron chi connectivity index (χ0n) is 15.3. The maximum absolute atomic E-state index is 12.3. The van der Waals surface area contributed by atoms with Gasteiger partial charge in [-0.2, -0.15) is 0 Å². The first-order valence-corrected chi connectivity index (χ1v) is 9.67. The lowest BCUT2D eigenvalue weighted by atomic mass is 10.2. The minimum Gasteiger partial charge on any atom is -0.497 e. The van der Waals surface area contributed by atoms with E-state index in [4.69, 9.17) is 14.2 Å². The van der Waals surface area contributed by atoms with Crippen molar-refractivity contribution < 1.29 is 19.0 Å². The molecule has 0 saturated carbocycles. The van der Waals surface area contributed by atoms with Gasteiger partial charge in [-0.25, -0.2) is 0 Å². The number of fused-ring (bicyclic) bond motifs is 1. The summed E-state index contributed by atoms with van der Waals surface area (Å²) in [6.45, 7) is 0.777. The zero-order valence-corrected chi connectivity index (χ0v) is 16.9. The summed E-state index contributed by atoms with van der Waals surface area (Å²) in [6.07, 6.45) is 1.50. The van der Waals surface area contributed by atoms with Gasteiger partial charge in [0.15, 0.2) is 0 Å². The summed E-state index contributed by atoms with van der Waals surface area (Å²) in [5, 5.41) is 0.986. The normalized spacial score (nSPS) is 17.0. The van der Waals surface area contributed by atoms with E-state index >= 15 is 0 Å². The number of anilines is 1. The number of carbonyl (C=O) groups is 1. The Morgan fingerprint density at radius 2 is 2.04 bits per heavy atom. The van der Waals surface area contributed by atoms with Crippen molar-refractivity contribution >= 4 is 38.4 Å². The quantitative estimate of drug-likeness (QED) is 0.600. The molecule has 144 valence electrons. The molecule has 1 aliphatic rings. The standard InChI is InChI=1S/C21H19BrN2O4/c1-26-15-7-5-14(6-8-15)24-11-16(27-13-20(24)25)12-28-19-4-2-3-17-18(22)9-10-23-21(17)19/h2-10,16H,11-13H2,1H3. The molecule has 4 rings (SSSR count). The van der Waals surface area contributed by atoms with Crippen LogP contribution in [-0.2, 0) is 9.53 Å². The molecule has 1 atom stereocenters. The van der Waals surface area contributed by atoms with Crippen LogP contribution in [0, 0.1) is 0 Å². The lowest BCUT2D eigenvalue weighted by Gasteiger charge is -2.32. The van der Waals surface area contributed by atoms with Gasteiger partial charge in [-0.3, -0.25) is 9.78 Å². The SMILES string of the molecule is COc1ccc(N2CC(COc3cccc4c(Br)ccnc34)OCC2=O)cc1. The first kappa shape index (κ1) is 18.7. The van der Waals surface area contributed by atoms with E-state index in [1.54, 1.807) is 18.2 Å². The van der Waals surface area contributed by atoms with Gasteiger partial charge in [-0.05, 0) is 36.4 Å². The number of morpholine rings is 1. The number of amides is 1. The maximum atomic E-state index is 12.3. The Balaban J connectivity index is 1.47. The number of nitrogens with zero attached hydrogens (tertiary/aromatic N) is 2. The monoisotopic (exact) mass is 442 g/mol. The molecule has 2 aromatic carbocycles. The largest absolute Gasteiger partial charge is 0.497 e. The van der Waals surface area contributed by atoms with E-state index in [-0.39, 0.29) is 18.6 Å². The van der Waals surface area contributed by atoms with Crippen LogP contribution in [-0.4, -0.2) is 43.9 Å². The van der Waals surface area contributed by atoms with Crippen molar-refractivity contribution in [3.8, 4) is 11.5 Å². The van der Waals surface area contributed by atoms with Crippen molar-refractivity contribution in [1.82, 2.24) is 4.98 Å². The highest BCUT2D eigenvalue weighted by atomic mass is 79.9. The van der Waals surface area contributed by atoms with Crippen molar-refractivity contribution in [2.75, 3.05) is 31.8 Å². The Hall–Kier alpha value is -2.64. The molecule has 0 radical (unpaired) electrons. The fourth-order valence-corrected chi connectivity index (χ4v) is 3.59. The number of aromatic nitrogens is 1. The Morgan fingerprint density at radius 3 is 2.82 bits per heavy atom. The third-order valence-corrected chi connectivity index (χ3v) is 5.31. The van der Waals surface area contributed by atoms with Gasteiger partial charge in [0.1, 0.15) is 36.3 Å². The average molecular weight is 443 g/mol. The molecule has 7 heteroatoms. The Labute approximate surface area is 171 Å². The summed E-state index contributed by atoms with van der Waals surface area (Å²) >= 11 is 3.54. The smallest absolute Gasteiger partial charge is 0.253 e. The molecule has 0 aliphatic carbocycles. The molecule has 28 heavy (non-hydrogen) atoms. The Kier molecular flexibility index (Phi) is 5.45. The number of rotatable bonds is 5. The predicted octanol–water partition coefficient (Wildman–Crippen LogP) is 3.82. The van der Waals surface area contributed by atoms with Crippen LogP contribution in [0.4, 0.5) is 5.69 Å². The molecule has 0 spiro atoms.